The number of aliphatic carboxylic acids is 1. The van der Waals surface area contributed by atoms with Crippen LogP contribution in [0, 0.1) is 11.3 Å². The normalized spacial score (nSPS) is 18.1. The molecule has 0 atom stereocenters. The van der Waals surface area contributed by atoms with Gasteiger partial charge < -0.3 is 10.4 Å². The van der Waals surface area contributed by atoms with E-state index in [2.05, 4.69) is 10.3 Å². The Morgan fingerprint density at radius 3 is 2.58 bits per heavy atom. The highest BCUT2D eigenvalue weighted by molar-refractivity contribution is 5.82. The number of carbonyl (C=O) groups is 1. The second-order valence-corrected chi connectivity index (χ2v) is 4.95. The number of nitriles is 1. The molecule has 1 aliphatic rings. The number of carboxylic acid groups (broad SMARTS) is 1. The van der Waals surface area contributed by atoms with Crippen LogP contribution in [0.2, 0.25) is 0 Å². The monoisotopic (exact) mass is 259 g/mol. The van der Waals surface area contributed by atoms with E-state index in [1.54, 1.807) is 18.2 Å². The molecule has 5 heteroatoms. The zero-order valence-electron chi connectivity index (χ0n) is 10.7. The van der Waals surface area contributed by atoms with Crippen LogP contribution in [0.15, 0.2) is 18.2 Å². The van der Waals surface area contributed by atoms with Gasteiger partial charge in [-0.15, -0.1) is 0 Å². The van der Waals surface area contributed by atoms with Gasteiger partial charge in [-0.25, -0.2) is 9.78 Å². The van der Waals surface area contributed by atoms with Crippen molar-refractivity contribution in [1.82, 2.24) is 4.98 Å². The van der Waals surface area contributed by atoms with Crippen molar-refractivity contribution in [2.75, 3.05) is 5.32 Å². The molecule has 5 nitrogen and oxygen atoms in total. The molecule has 19 heavy (non-hydrogen) atoms. The van der Waals surface area contributed by atoms with Crippen LogP contribution in [0.25, 0.3) is 0 Å². The summed E-state index contributed by atoms with van der Waals surface area (Å²) in [6.07, 6.45) is 5.14. The van der Waals surface area contributed by atoms with Gasteiger partial charge in [0.1, 0.15) is 23.1 Å². The third-order valence-corrected chi connectivity index (χ3v) is 3.60. The summed E-state index contributed by atoms with van der Waals surface area (Å²) in [4.78, 5) is 15.7. The maximum absolute atomic E-state index is 11.6. The summed E-state index contributed by atoms with van der Waals surface area (Å²) in [5.74, 6) is -0.373. The molecule has 0 unspecified atom stereocenters. The molecule has 1 aliphatic carbocycles. The number of pyridine rings is 1. The van der Waals surface area contributed by atoms with Crippen LogP contribution in [0.4, 0.5) is 5.82 Å². The van der Waals surface area contributed by atoms with E-state index in [0.717, 1.165) is 25.7 Å². The summed E-state index contributed by atoms with van der Waals surface area (Å²) in [6.45, 7) is 0. The quantitative estimate of drug-likeness (QED) is 0.815. The van der Waals surface area contributed by atoms with Crippen LogP contribution in [0.5, 0.6) is 0 Å². The van der Waals surface area contributed by atoms with Gasteiger partial charge in [-0.05, 0) is 25.0 Å². The number of rotatable bonds is 3. The molecule has 0 spiro atoms. The highest BCUT2D eigenvalue weighted by Crippen LogP contribution is 2.30. The van der Waals surface area contributed by atoms with Gasteiger partial charge in [0.05, 0.1) is 0 Å². The van der Waals surface area contributed by atoms with Gasteiger partial charge in [0.2, 0.25) is 0 Å². The van der Waals surface area contributed by atoms with E-state index in [9.17, 15) is 9.90 Å². The van der Waals surface area contributed by atoms with Gasteiger partial charge in [-0.3, -0.25) is 0 Å². The van der Waals surface area contributed by atoms with Crippen molar-refractivity contribution in [3.05, 3.63) is 23.9 Å². The first-order valence-corrected chi connectivity index (χ1v) is 6.55. The predicted octanol–water partition coefficient (Wildman–Crippen LogP) is 2.54. The molecule has 1 fully saturated rings. The molecule has 0 radical (unpaired) electrons. The van der Waals surface area contributed by atoms with E-state index >= 15 is 0 Å². The summed E-state index contributed by atoms with van der Waals surface area (Å²) >= 11 is 0. The first-order valence-electron chi connectivity index (χ1n) is 6.55. The first-order chi connectivity index (χ1) is 9.16. The zero-order chi connectivity index (χ0) is 13.7. The lowest BCUT2D eigenvalue weighted by Gasteiger charge is -2.29. The number of nitrogens with zero attached hydrogens (tertiary/aromatic N) is 2. The highest BCUT2D eigenvalue weighted by atomic mass is 16.4. The van der Waals surface area contributed by atoms with Gasteiger partial charge in [-0.1, -0.05) is 31.7 Å². The molecule has 100 valence electrons. The summed E-state index contributed by atoms with van der Waals surface area (Å²) < 4.78 is 0. The van der Waals surface area contributed by atoms with Gasteiger partial charge in [0.15, 0.2) is 0 Å². The van der Waals surface area contributed by atoms with Gasteiger partial charge in [0, 0.05) is 0 Å². The van der Waals surface area contributed by atoms with Crippen LogP contribution in [0.1, 0.15) is 44.2 Å². The molecule has 0 aromatic carbocycles. The molecule has 2 N–H and O–H groups in total. The molecule has 1 heterocycles. The fraction of sp³-hybridized carbons (Fsp3) is 0.500. The Hall–Kier alpha value is -2.09. The fourth-order valence-corrected chi connectivity index (χ4v) is 2.54. The molecule has 1 aromatic heterocycles. The molecular weight excluding hydrogens is 242 g/mol. The van der Waals surface area contributed by atoms with E-state index in [1.807, 2.05) is 6.07 Å². The van der Waals surface area contributed by atoms with Crippen LogP contribution in [0.3, 0.4) is 0 Å². The lowest BCUT2D eigenvalue weighted by Crippen LogP contribution is -2.46. The second kappa shape index (κ2) is 5.70. The minimum Gasteiger partial charge on any atom is -0.480 e. The SMILES string of the molecule is N#Cc1cccc(NC2(C(=O)O)CCCCCC2)n1. The van der Waals surface area contributed by atoms with E-state index in [-0.39, 0.29) is 0 Å². The molecule has 0 saturated heterocycles. The van der Waals surface area contributed by atoms with Gasteiger partial charge in [0.25, 0.3) is 0 Å². The Labute approximate surface area is 112 Å². The summed E-state index contributed by atoms with van der Waals surface area (Å²) in [5, 5.41) is 21.4. The molecule has 0 bridgehead atoms. The Morgan fingerprint density at radius 1 is 1.32 bits per heavy atom. The van der Waals surface area contributed by atoms with Crippen LogP contribution < -0.4 is 5.32 Å². The molecule has 0 amide bonds. The van der Waals surface area contributed by atoms with Crippen molar-refractivity contribution in [3.63, 3.8) is 0 Å². The Morgan fingerprint density at radius 2 is 2.00 bits per heavy atom. The third kappa shape index (κ3) is 3.02. The summed E-state index contributed by atoms with van der Waals surface area (Å²) in [7, 11) is 0. The molecule has 0 aliphatic heterocycles. The van der Waals surface area contributed by atoms with Gasteiger partial charge in [-0.2, -0.15) is 5.26 Å². The van der Waals surface area contributed by atoms with Crippen molar-refractivity contribution in [3.8, 4) is 6.07 Å². The number of carboxylic acids is 1. The molecule has 1 saturated carbocycles. The predicted molar refractivity (Wildman–Crippen MR) is 70.6 cm³/mol. The largest absolute Gasteiger partial charge is 0.480 e. The first kappa shape index (κ1) is 13.3. The number of hydrogen-bond donors (Lipinski definition) is 2. The minimum absolute atomic E-state index is 0.291. The van der Waals surface area contributed by atoms with Crippen LogP contribution in [-0.4, -0.2) is 21.6 Å². The molecular formula is C14H17N3O2. The average molecular weight is 259 g/mol. The Kier molecular flexibility index (Phi) is 4.00. The van der Waals surface area contributed by atoms with Crippen LogP contribution in [-0.2, 0) is 4.79 Å². The number of hydrogen-bond acceptors (Lipinski definition) is 4. The van der Waals surface area contributed by atoms with Crippen LogP contribution >= 0.6 is 0 Å². The van der Waals surface area contributed by atoms with Crippen molar-refractivity contribution < 1.29 is 9.90 Å². The highest BCUT2D eigenvalue weighted by Gasteiger charge is 2.38. The fourth-order valence-electron chi connectivity index (χ4n) is 2.54. The van der Waals surface area contributed by atoms with Crippen molar-refractivity contribution in [2.45, 2.75) is 44.1 Å². The molecule has 1 aromatic rings. The maximum Gasteiger partial charge on any atom is 0.329 e. The topological polar surface area (TPSA) is 86.0 Å². The van der Waals surface area contributed by atoms with Crippen molar-refractivity contribution in [1.29, 1.82) is 5.26 Å². The minimum atomic E-state index is -0.947. The lowest BCUT2D eigenvalue weighted by molar-refractivity contribution is -0.142. The van der Waals surface area contributed by atoms with E-state index in [4.69, 9.17) is 5.26 Å². The van der Waals surface area contributed by atoms with Gasteiger partial charge >= 0.3 is 5.97 Å². The average Bonchev–Trinajstić information content (AvgIpc) is 2.65. The third-order valence-electron chi connectivity index (χ3n) is 3.60. The van der Waals surface area contributed by atoms with Crippen molar-refractivity contribution >= 4 is 11.8 Å². The van der Waals surface area contributed by atoms with E-state index < -0.39 is 11.5 Å². The number of aromatic nitrogens is 1. The molecule has 2 rings (SSSR count). The van der Waals surface area contributed by atoms with Crippen molar-refractivity contribution in [2.24, 2.45) is 0 Å². The van der Waals surface area contributed by atoms with E-state index in [1.165, 1.54) is 0 Å². The summed E-state index contributed by atoms with van der Waals surface area (Å²) in [5.41, 5.74) is -0.656. The lowest BCUT2D eigenvalue weighted by atomic mass is 9.90. The smallest absolute Gasteiger partial charge is 0.329 e. The maximum atomic E-state index is 11.6. The summed E-state index contributed by atoms with van der Waals surface area (Å²) in [6, 6.07) is 6.98. The Bertz CT molecular complexity index is 500. The van der Waals surface area contributed by atoms with E-state index in [0.29, 0.717) is 24.4 Å². The standard InChI is InChI=1S/C14H17N3O2/c15-10-11-6-5-7-12(16-11)17-14(13(18)19)8-3-1-2-4-9-14/h5-7H,1-4,8-9H2,(H,16,17)(H,18,19). The number of anilines is 1. The number of nitrogens with one attached hydrogen (secondary N) is 1. The second-order valence-electron chi connectivity index (χ2n) is 4.95. The zero-order valence-corrected chi connectivity index (χ0v) is 10.7. The Balaban J connectivity index is 2.25.